The molecule has 0 amide bonds. The summed E-state index contributed by atoms with van der Waals surface area (Å²) in [4.78, 5) is 0. The fourth-order valence-electron chi connectivity index (χ4n) is 0.808. The second kappa shape index (κ2) is 2.11. The van der Waals surface area contributed by atoms with Crippen molar-refractivity contribution in [3.8, 4) is 0 Å². The van der Waals surface area contributed by atoms with Crippen molar-refractivity contribution in [2.45, 2.75) is 13.8 Å². The minimum atomic E-state index is 1.32. The van der Waals surface area contributed by atoms with Crippen molar-refractivity contribution in [2.24, 2.45) is 14.1 Å². The zero-order valence-corrected chi connectivity index (χ0v) is 7.24. The summed E-state index contributed by atoms with van der Waals surface area (Å²) in [6.45, 7) is 4.28. The summed E-state index contributed by atoms with van der Waals surface area (Å²) in [5.41, 5.74) is 1.40. The van der Waals surface area contributed by atoms with Crippen LogP contribution in [0.3, 0.4) is 0 Å². The van der Waals surface area contributed by atoms with E-state index in [2.05, 4.69) is 36.8 Å². The predicted octanol–water partition coefficient (Wildman–Crippen LogP) is 1.05. The Morgan fingerprint density at radius 3 is 2.11 bits per heavy atom. The number of hydrogen-bond acceptors (Lipinski definition) is 0. The number of aryl methyl sites for hydroxylation is 2. The van der Waals surface area contributed by atoms with Crippen LogP contribution in [0.15, 0.2) is 0 Å². The highest BCUT2D eigenvalue weighted by Gasteiger charge is 2.09. The van der Waals surface area contributed by atoms with Crippen LogP contribution in [-0.2, 0) is 14.1 Å². The van der Waals surface area contributed by atoms with Crippen molar-refractivity contribution in [3.63, 3.8) is 0 Å². The lowest BCUT2D eigenvalue weighted by Gasteiger charge is -1.86. The quantitative estimate of drug-likeness (QED) is 0.480. The highest BCUT2D eigenvalue weighted by Crippen LogP contribution is 2.08. The van der Waals surface area contributed by atoms with Gasteiger partial charge in [-0.25, -0.2) is 8.90 Å². The van der Waals surface area contributed by atoms with E-state index in [-0.39, 0.29) is 0 Å². The molecule has 0 atom stereocenters. The highest BCUT2D eigenvalue weighted by atomic mass is 31.0. The van der Waals surface area contributed by atoms with E-state index in [1.54, 1.807) is 0 Å². The van der Waals surface area contributed by atoms with Gasteiger partial charge in [0.1, 0.15) is 0 Å². The summed E-state index contributed by atoms with van der Waals surface area (Å²) >= 11 is 0. The molecule has 1 aromatic heterocycles. The van der Waals surface area contributed by atoms with Crippen molar-refractivity contribution in [1.82, 2.24) is 4.33 Å². The molecule has 0 radical (unpaired) electrons. The number of rotatable bonds is 0. The van der Waals surface area contributed by atoms with Gasteiger partial charge in [0.05, 0.1) is 14.1 Å². The Hall–Kier alpha value is -0.360. The molecule has 0 aromatic carbocycles. The third-order valence-electron chi connectivity index (χ3n) is 1.73. The maximum absolute atomic E-state index is 2.22. The van der Waals surface area contributed by atoms with E-state index in [4.69, 9.17) is 0 Å². The maximum atomic E-state index is 2.22. The smallest absolute Gasteiger partial charge is 0.231 e. The normalized spacial score (nSPS) is 11.1. The Bertz CT molecular complexity index is 205. The minimum absolute atomic E-state index is 1.32. The monoisotopic (exact) mass is 143 g/mol. The third-order valence-corrected chi connectivity index (χ3v) is 2.91. The molecule has 9 heavy (non-hydrogen) atoms. The van der Waals surface area contributed by atoms with Crippen molar-refractivity contribution < 1.29 is 4.57 Å². The number of nitrogens with zero attached hydrogens (tertiary/aromatic N) is 2. The molecule has 0 saturated carbocycles. The van der Waals surface area contributed by atoms with Crippen LogP contribution >= 0.6 is 8.35 Å². The molecule has 0 aliphatic heterocycles. The molecule has 2 nitrogen and oxygen atoms in total. The Kier molecular flexibility index (Phi) is 1.58. The molecule has 0 bridgehead atoms. The molecule has 1 rings (SSSR count). The van der Waals surface area contributed by atoms with Crippen molar-refractivity contribution in [3.05, 3.63) is 11.3 Å². The molecular weight excluding hydrogens is 131 g/mol. The van der Waals surface area contributed by atoms with Gasteiger partial charge in [0.2, 0.25) is 0 Å². The Morgan fingerprint density at radius 2 is 2.00 bits per heavy atom. The highest BCUT2D eigenvalue weighted by molar-refractivity contribution is 7.26. The lowest BCUT2D eigenvalue weighted by Crippen LogP contribution is -2.32. The molecule has 3 heteroatoms. The summed E-state index contributed by atoms with van der Waals surface area (Å²) in [5.74, 6) is 1.33. The van der Waals surface area contributed by atoms with Crippen LogP contribution in [-0.4, -0.2) is 4.33 Å². The Labute approximate surface area is 57.3 Å². The van der Waals surface area contributed by atoms with Crippen molar-refractivity contribution in [1.29, 1.82) is 0 Å². The van der Waals surface area contributed by atoms with E-state index in [0.29, 0.717) is 0 Å². The second-order valence-corrected chi connectivity index (χ2v) is 3.72. The topological polar surface area (TPSA) is 8.81 Å². The van der Waals surface area contributed by atoms with Gasteiger partial charge in [0, 0.05) is 13.8 Å². The van der Waals surface area contributed by atoms with Gasteiger partial charge in [0.25, 0.3) is 5.82 Å². The average molecular weight is 143 g/mol. The molecule has 0 aliphatic carbocycles. The predicted molar refractivity (Wildman–Crippen MR) is 38.6 cm³/mol. The first kappa shape index (κ1) is 6.76. The molecule has 1 heterocycles. The van der Waals surface area contributed by atoms with E-state index in [0.717, 1.165) is 0 Å². The van der Waals surface area contributed by atoms with Crippen LogP contribution < -0.4 is 4.57 Å². The Balaban J connectivity index is 3.29. The van der Waals surface area contributed by atoms with Crippen LogP contribution in [0.1, 0.15) is 11.3 Å². The molecule has 1 aromatic rings. The number of aromatic nitrogens is 2. The first-order valence-corrected chi connectivity index (χ1v) is 3.84. The van der Waals surface area contributed by atoms with Crippen LogP contribution in [0.4, 0.5) is 0 Å². The second-order valence-electron chi connectivity index (χ2n) is 2.28. The molecule has 0 spiro atoms. The van der Waals surface area contributed by atoms with E-state index in [9.17, 15) is 0 Å². The summed E-state index contributed by atoms with van der Waals surface area (Å²) in [5, 5.41) is 0. The number of hydrogen-bond donors (Lipinski definition) is 0. The summed E-state index contributed by atoms with van der Waals surface area (Å²) in [6.07, 6.45) is 0. The summed E-state index contributed by atoms with van der Waals surface area (Å²) < 4.78 is 4.43. The molecule has 50 valence electrons. The van der Waals surface area contributed by atoms with Crippen LogP contribution in [0.2, 0.25) is 0 Å². The molecule has 0 saturated heterocycles. The van der Waals surface area contributed by atoms with Crippen LogP contribution in [0, 0.1) is 13.8 Å². The SMILES string of the molecule is Cc1pn(C)c(C)[n+]1C. The van der Waals surface area contributed by atoms with Gasteiger partial charge in [-0.05, 0) is 0 Å². The van der Waals surface area contributed by atoms with E-state index in [1.165, 1.54) is 19.6 Å². The summed E-state index contributed by atoms with van der Waals surface area (Å²) in [7, 11) is 5.52. The third kappa shape index (κ3) is 0.994. The molecule has 0 N–H and O–H groups in total. The van der Waals surface area contributed by atoms with Gasteiger partial charge < -0.3 is 0 Å². The molecule has 0 unspecified atom stereocenters. The first-order valence-electron chi connectivity index (χ1n) is 2.99. The van der Waals surface area contributed by atoms with E-state index < -0.39 is 0 Å². The van der Waals surface area contributed by atoms with Gasteiger partial charge in [0.15, 0.2) is 13.8 Å². The van der Waals surface area contributed by atoms with Crippen molar-refractivity contribution >= 4 is 8.35 Å². The van der Waals surface area contributed by atoms with E-state index in [1.807, 2.05) is 0 Å². The van der Waals surface area contributed by atoms with Gasteiger partial charge in [-0.1, -0.05) is 0 Å². The molecule has 0 aliphatic rings. The fraction of sp³-hybridized carbons (Fsp3) is 0.667. The van der Waals surface area contributed by atoms with Gasteiger partial charge >= 0.3 is 0 Å². The standard InChI is InChI=1S/C6H12N2P/c1-5-7(3)6(2)9-8(5)4/h1-4H3/q+1. The lowest BCUT2D eigenvalue weighted by atomic mass is 10.6. The van der Waals surface area contributed by atoms with Gasteiger partial charge in [-0.15, -0.1) is 0 Å². The zero-order chi connectivity index (χ0) is 7.02. The van der Waals surface area contributed by atoms with Crippen LogP contribution in [0.25, 0.3) is 0 Å². The largest absolute Gasteiger partial charge is 0.256 e. The van der Waals surface area contributed by atoms with Crippen molar-refractivity contribution in [2.75, 3.05) is 0 Å². The van der Waals surface area contributed by atoms with E-state index >= 15 is 0 Å². The fourth-order valence-corrected chi connectivity index (χ4v) is 1.80. The maximum Gasteiger partial charge on any atom is 0.256 e. The average Bonchev–Trinajstić information content (AvgIpc) is 1.98. The Morgan fingerprint density at radius 1 is 1.44 bits per heavy atom. The van der Waals surface area contributed by atoms with Gasteiger partial charge in [-0.2, -0.15) is 0 Å². The molecular formula is C6H12N2P+. The van der Waals surface area contributed by atoms with Gasteiger partial charge in [-0.3, -0.25) is 0 Å². The molecule has 0 fully saturated rings. The summed E-state index contributed by atoms with van der Waals surface area (Å²) in [6, 6.07) is 0. The zero-order valence-electron chi connectivity index (χ0n) is 6.34. The minimum Gasteiger partial charge on any atom is -0.231 e. The lowest BCUT2D eigenvalue weighted by molar-refractivity contribution is -0.681. The first-order chi connectivity index (χ1) is 4.13. The van der Waals surface area contributed by atoms with Crippen LogP contribution in [0.5, 0.6) is 0 Å².